The second kappa shape index (κ2) is 4.76. The number of imidazole rings is 1. The molecule has 1 N–H and O–H groups in total. The molecule has 0 aliphatic rings. The van der Waals surface area contributed by atoms with E-state index in [1.807, 2.05) is 35.9 Å². The number of benzene rings is 1. The lowest BCUT2D eigenvalue weighted by Gasteiger charge is -2.01. The summed E-state index contributed by atoms with van der Waals surface area (Å²) in [5.41, 5.74) is 2.24. The van der Waals surface area contributed by atoms with Gasteiger partial charge in [-0.2, -0.15) is 0 Å². The molecule has 0 unspecified atom stereocenters. The molecule has 2 aromatic heterocycles. The van der Waals surface area contributed by atoms with E-state index in [0.717, 1.165) is 11.0 Å². The summed E-state index contributed by atoms with van der Waals surface area (Å²) in [5, 5.41) is 10.2. The Balaban J connectivity index is 2.10. The average Bonchev–Trinajstić information content (AvgIpc) is 3.04. The molecule has 7 nitrogen and oxygen atoms in total. The second-order valence-electron chi connectivity index (χ2n) is 4.35. The number of rotatable bonds is 3. The molecule has 0 saturated carbocycles. The number of carbonyl (C=O) groups is 1. The van der Waals surface area contributed by atoms with Gasteiger partial charge in [-0.15, -0.1) is 0 Å². The molecule has 3 aromatic rings. The molecule has 0 aliphatic carbocycles. The van der Waals surface area contributed by atoms with Crippen LogP contribution in [0.2, 0.25) is 0 Å². The van der Waals surface area contributed by atoms with Crippen LogP contribution in [0.3, 0.4) is 0 Å². The Kier molecular flexibility index (Phi) is 2.94. The predicted octanol–water partition coefficient (Wildman–Crippen LogP) is 1.97. The molecule has 3 rings (SSSR count). The van der Waals surface area contributed by atoms with E-state index in [2.05, 4.69) is 20.6 Å². The maximum absolute atomic E-state index is 11.5. The zero-order valence-electron chi connectivity index (χ0n) is 11.1. The van der Waals surface area contributed by atoms with Gasteiger partial charge in [0.2, 0.25) is 11.7 Å². The van der Waals surface area contributed by atoms with Crippen molar-refractivity contribution in [2.75, 3.05) is 5.32 Å². The van der Waals surface area contributed by atoms with Crippen LogP contribution in [0.15, 0.2) is 28.9 Å². The Morgan fingerprint density at radius 1 is 1.35 bits per heavy atom. The number of amides is 1. The quantitative estimate of drug-likeness (QED) is 0.787. The predicted molar refractivity (Wildman–Crippen MR) is 72.9 cm³/mol. The summed E-state index contributed by atoms with van der Waals surface area (Å²) >= 11 is 0. The van der Waals surface area contributed by atoms with E-state index in [1.165, 1.54) is 0 Å². The first-order valence-corrected chi connectivity index (χ1v) is 6.25. The number of hydrogen-bond acceptors (Lipinski definition) is 5. The number of anilines is 1. The third-order valence-corrected chi connectivity index (χ3v) is 3.07. The summed E-state index contributed by atoms with van der Waals surface area (Å²) in [4.78, 5) is 16.0. The van der Waals surface area contributed by atoms with Crippen LogP contribution < -0.4 is 5.32 Å². The van der Waals surface area contributed by atoms with Gasteiger partial charge < -0.3 is 9.88 Å². The first-order chi connectivity index (χ1) is 9.70. The Morgan fingerprint density at radius 3 is 2.90 bits per heavy atom. The Bertz CT molecular complexity index is 774. The first-order valence-electron chi connectivity index (χ1n) is 6.25. The molecule has 0 fully saturated rings. The van der Waals surface area contributed by atoms with Crippen molar-refractivity contribution in [1.29, 1.82) is 0 Å². The van der Waals surface area contributed by atoms with Gasteiger partial charge in [0, 0.05) is 13.5 Å². The maximum atomic E-state index is 11.5. The van der Waals surface area contributed by atoms with Gasteiger partial charge in [-0.3, -0.25) is 4.79 Å². The lowest BCUT2D eigenvalue weighted by molar-refractivity contribution is -0.115. The summed E-state index contributed by atoms with van der Waals surface area (Å²) in [6.07, 6.45) is 0.356. The van der Waals surface area contributed by atoms with Crippen LogP contribution in [0, 0.1) is 0 Å². The average molecular weight is 271 g/mol. The van der Waals surface area contributed by atoms with Crippen molar-refractivity contribution in [2.24, 2.45) is 7.05 Å². The zero-order valence-corrected chi connectivity index (χ0v) is 11.1. The smallest absolute Gasteiger partial charge is 0.225 e. The highest BCUT2D eigenvalue weighted by atomic mass is 16.6. The third-order valence-electron chi connectivity index (χ3n) is 3.07. The van der Waals surface area contributed by atoms with Gasteiger partial charge in [-0.05, 0) is 22.4 Å². The van der Waals surface area contributed by atoms with Gasteiger partial charge in [-0.1, -0.05) is 19.1 Å². The number of fused-ring (bicyclic) bond motifs is 1. The molecule has 102 valence electrons. The fourth-order valence-electron chi connectivity index (χ4n) is 2.00. The molecule has 0 saturated heterocycles. The molecule has 0 bridgehead atoms. The van der Waals surface area contributed by atoms with Crippen molar-refractivity contribution >= 4 is 22.8 Å². The van der Waals surface area contributed by atoms with Crippen molar-refractivity contribution in [3.8, 4) is 11.5 Å². The van der Waals surface area contributed by atoms with Crippen LogP contribution >= 0.6 is 0 Å². The highest BCUT2D eigenvalue weighted by Crippen LogP contribution is 2.26. The molecule has 20 heavy (non-hydrogen) atoms. The van der Waals surface area contributed by atoms with Crippen molar-refractivity contribution in [2.45, 2.75) is 13.3 Å². The Labute approximate surface area is 114 Å². The van der Waals surface area contributed by atoms with Crippen LogP contribution in [-0.2, 0) is 11.8 Å². The maximum Gasteiger partial charge on any atom is 0.225 e. The van der Waals surface area contributed by atoms with Crippen molar-refractivity contribution < 1.29 is 9.42 Å². The van der Waals surface area contributed by atoms with Crippen molar-refractivity contribution in [3.05, 3.63) is 24.3 Å². The summed E-state index contributed by atoms with van der Waals surface area (Å²) in [5.74, 6) is 0.731. The van der Waals surface area contributed by atoms with Gasteiger partial charge >= 0.3 is 0 Å². The van der Waals surface area contributed by atoms with Crippen LogP contribution in [0.25, 0.3) is 22.6 Å². The fraction of sp³-hybridized carbons (Fsp3) is 0.231. The van der Waals surface area contributed by atoms with Crippen molar-refractivity contribution in [1.82, 2.24) is 19.9 Å². The number of nitrogens with zero attached hydrogens (tertiary/aromatic N) is 4. The normalized spacial score (nSPS) is 10.9. The van der Waals surface area contributed by atoms with E-state index < -0.39 is 0 Å². The number of aryl methyl sites for hydroxylation is 1. The summed E-state index contributed by atoms with van der Waals surface area (Å²) in [6.45, 7) is 1.76. The molecule has 2 heterocycles. The molecule has 0 radical (unpaired) electrons. The monoisotopic (exact) mass is 271 g/mol. The van der Waals surface area contributed by atoms with E-state index in [4.69, 9.17) is 4.63 Å². The molecule has 0 spiro atoms. The van der Waals surface area contributed by atoms with E-state index >= 15 is 0 Å². The molecule has 0 atom stereocenters. The van der Waals surface area contributed by atoms with Gasteiger partial charge in [0.15, 0.2) is 11.5 Å². The number of hydrogen-bond donors (Lipinski definition) is 1. The SMILES string of the molecule is CCC(=O)Nc1nonc1-c1nc2ccccc2n1C. The van der Waals surface area contributed by atoms with E-state index in [0.29, 0.717) is 17.9 Å². The lowest BCUT2D eigenvalue weighted by atomic mass is 10.3. The van der Waals surface area contributed by atoms with Crippen LogP contribution in [0.5, 0.6) is 0 Å². The third kappa shape index (κ3) is 1.93. The van der Waals surface area contributed by atoms with E-state index in [1.54, 1.807) is 6.92 Å². The standard InChI is InChI=1S/C13H13N5O2/c1-3-10(19)15-12-11(16-20-17-12)13-14-8-6-4-5-7-9(8)18(13)2/h4-7H,3H2,1-2H3,(H,15,17,19). The zero-order chi connectivity index (χ0) is 14.1. The summed E-state index contributed by atoms with van der Waals surface area (Å²) in [7, 11) is 1.88. The number of para-hydroxylation sites is 2. The van der Waals surface area contributed by atoms with Gasteiger partial charge in [-0.25, -0.2) is 9.61 Å². The Hall–Kier alpha value is -2.70. The van der Waals surface area contributed by atoms with Gasteiger partial charge in [0.1, 0.15) is 0 Å². The molecular weight excluding hydrogens is 258 g/mol. The Morgan fingerprint density at radius 2 is 2.15 bits per heavy atom. The van der Waals surface area contributed by atoms with Crippen LogP contribution in [-0.4, -0.2) is 25.8 Å². The molecule has 0 aliphatic heterocycles. The number of nitrogens with one attached hydrogen (secondary N) is 1. The van der Waals surface area contributed by atoms with Crippen LogP contribution in [0.1, 0.15) is 13.3 Å². The minimum absolute atomic E-state index is 0.152. The first kappa shape index (κ1) is 12.3. The second-order valence-corrected chi connectivity index (χ2v) is 4.35. The minimum Gasteiger partial charge on any atom is -0.326 e. The molecule has 1 aromatic carbocycles. The van der Waals surface area contributed by atoms with Crippen molar-refractivity contribution in [3.63, 3.8) is 0 Å². The molecule has 1 amide bonds. The van der Waals surface area contributed by atoms with Gasteiger partial charge in [0.25, 0.3) is 0 Å². The fourth-order valence-corrected chi connectivity index (χ4v) is 2.00. The summed E-state index contributed by atoms with van der Waals surface area (Å²) < 4.78 is 6.61. The highest BCUT2D eigenvalue weighted by molar-refractivity contribution is 5.93. The number of carbonyl (C=O) groups excluding carboxylic acids is 1. The summed E-state index contributed by atoms with van der Waals surface area (Å²) in [6, 6.07) is 7.73. The van der Waals surface area contributed by atoms with Gasteiger partial charge in [0.05, 0.1) is 11.0 Å². The topological polar surface area (TPSA) is 85.8 Å². The number of aromatic nitrogens is 4. The van der Waals surface area contributed by atoms with Crippen LogP contribution in [0.4, 0.5) is 5.82 Å². The molecule has 7 heteroatoms. The largest absolute Gasteiger partial charge is 0.326 e. The van der Waals surface area contributed by atoms with E-state index in [9.17, 15) is 4.79 Å². The highest BCUT2D eigenvalue weighted by Gasteiger charge is 2.19. The van der Waals surface area contributed by atoms with E-state index in [-0.39, 0.29) is 11.7 Å². The molecular formula is C13H13N5O2. The lowest BCUT2D eigenvalue weighted by Crippen LogP contribution is -2.11. The minimum atomic E-state index is -0.152.